The molecule has 0 radical (unpaired) electrons. The zero-order valence-electron chi connectivity index (χ0n) is 19.0. The monoisotopic (exact) mass is 428 g/mol. The molecule has 0 saturated carbocycles. The van der Waals surface area contributed by atoms with Crippen LogP contribution in [0.15, 0.2) is 29.2 Å². The van der Waals surface area contributed by atoms with Crippen molar-refractivity contribution in [2.24, 2.45) is 0 Å². The highest BCUT2D eigenvalue weighted by molar-refractivity contribution is 7.86. The van der Waals surface area contributed by atoms with Crippen molar-refractivity contribution < 1.29 is 26.9 Å². The van der Waals surface area contributed by atoms with E-state index in [1.165, 1.54) is 12.1 Å². The van der Waals surface area contributed by atoms with Crippen LogP contribution in [0.3, 0.4) is 0 Å². The molecule has 6 nitrogen and oxygen atoms in total. The van der Waals surface area contributed by atoms with Gasteiger partial charge < -0.3 is 9.47 Å². The van der Waals surface area contributed by atoms with Crippen molar-refractivity contribution >= 4 is 16.1 Å². The second-order valence-electron chi connectivity index (χ2n) is 9.55. The second-order valence-corrected chi connectivity index (χ2v) is 11.1. The third-order valence-electron chi connectivity index (χ3n) is 4.19. The van der Waals surface area contributed by atoms with Crippen LogP contribution in [0.25, 0.3) is 0 Å². The molecule has 0 aliphatic carbocycles. The molecule has 7 heteroatoms. The van der Waals surface area contributed by atoms with E-state index in [1.807, 2.05) is 41.5 Å². The van der Waals surface area contributed by atoms with Gasteiger partial charge in [0.15, 0.2) is 0 Å². The topological polar surface area (TPSA) is 78.9 Å². The normalized spacial score (nSPS) is 13.4. The van der Waals surface area contributed by atoms with Gasteiger partial charge in [0.1, 0.15) is 5.60 Å². The summed E-state index contributed by atoms with van der Waals surface area (Å²) in [6, 6.07) is 6.55. The van der Waals surface area contributed by atoms with E-state index in [2.05, 4.69) is 0 Å². The van der Waals surface area contributed by atoms with Crippen molar-refractivity contribution in [3.05, 3.63) is 29.8 Å². The van der Waals surface area contributed by atoms with E-state index >= 15 is 0 Å². The number of ether oxygens (including phenoxy) is 2. The lowest BCUT2D eigenvalue weighted by Gasteiger charge is -2.29. The highest BCUT2D eigenvalue weighted by Crippen LogP contribution is 2.25. The Morgan fingerprint density at radius 1 is 0.897 bits per heavy atom. The average molecular weight is 429 g/mol. The van der Waals surface area contributed by atoms with Gasteiger partial charge in [0.05, 0.1) is 22.7 Å². The largest absolute Gasteiger partial charge is 0.460 e. The van der Waals surface area contributed by atoms with Crippen LogP contribution in [0.1, 0.15) is 73.3 Å². The summed E-state index contributed by atoms with van der Waals surface area (Å²) in [5, 5.41) is 0. The number of aryl methyl sites for hydroxylation is 1. The fourth-order valence-corrected chi connectivity index (χ4v) is 3.78. The predicted molar refractivity (Wildman–Crippen MR) is 113 cm³/mol. The molecular weight excluding hydrogens is 392 g/mol. The van der Waals surface area contributed by atoms with Crippen molar-refractivity contribution in [2.45, 2.75) is 96.4 Å². The van der Waals surface area contributed by atoms with Gasteiger partial charge in [-0.05, 0) is 73.9 Å². The Bertz CT molecular complexity index is 771. The molecule has 0 unspecified atom stereocenters. The molecule has 0 aliphatic rings. The molecule has 1 aromatic rings. The predicted octanol–water partition coefficient (Wildman–Crippen LogP) is 4.79. The van der Waals surface area contributed by atoms with Gasteiger partial charge in [0, 0.05) is 12.8 Å². The second kappa shape index (κ2) is 9.58. The summed E-state index contributed by atoms with van der Waals surface area (Å²) in [7, 11) is -3.86. The number of benzene rings is 1. The first-order valence-corrected chi connectivity index (χ1v) is 11.3. The maximum Gasteiger partial charge on any atom is 0.306 e. The van der Waals surface area contributed by atoms with Gasteiger partial charge in [-0.25, -0.2) is 0 Å². The zero-order chi connectivity index (χ0) is 22.5. The molecule has 0 aromatic heterocycles. The van der Waals surface area contributed by atoms with E-state index in [-0.39, 0.29) is 17.3 Å². The lowest BCUT2D eigenvalue weighted by Crippen LogP contribution is -2.33. The molecule has 0 aliphatic heterocycles. The SMILES string of the molecule is Cc1ccc(S(=O)(=O)OC(C)(C)CCOC(C)(C)CCC(=O)OC(C)(C)C)cc1. The highest BCUT2D eigenvalue weighted by Gasteiger charge is 2.29. The Kier molecular flexibility index (Phi) is 8.46. The number of rotatable bonds is 10. The average Bonchev–Trinajstić information content (AvgIpc) is 2.50. The number of carbonyl (C=O) groups excluding carboxylic acids is 1. The van der Waals surface area contributed by atoms with Crippen LogP contribution in [0.5, 0.6) is 0 Å². The highest BCUT2D eigenvalue weighted by atomic mass is 32.2. The van der Waals surface area contributed by atoms with Gasteiger partial charge in [-0.3, -0.25) is 8.98 Å². The van der Waals surface area contributed by atoms with Crippen LogP contribution >= 0.6 is 0 Å². The van der Waals surface area contributed by atoms with Gasteiger partial charge in [-0.1, -0.05) is 17.7 Å². The van der Waals surface area contributed by atoms with Crippen LogP contribution in [0, 0.1) is 6.92 Å². The first-order chi connectivity index (χ1) is 13.0. The van der Waals surface area contributed by atoms with Crippen molar-refractivity contribution in [3.8, 4) is 0 Å². The summed E-state index contributed by atoms with van der Waals surface area (Å²) in [4.78, 5) is 12.0. The summed E-state index contributed by atoms with van der Waals surface area (Å²) in [5.74, 6) is -0.262. The summed E-state index contributed by atoms with van der Waals surface area (Å²) < 4.78 is 41.6. The van der Waals surface area contributed by atoms with Crippen LogP contribution < -0.4 is 0 Å². The van der Waals surface area contributed by atoms with E-state index in [0.717, 1.165) is 5.56 Å². The minimum atomic E-state index is -3.86. The molecule has 0 atom stereocenters. The maximum atomic E-state index is 12.5. The molecule has 0 spiro atoms. The summed E-state index contributed by atoms with van der Waals surface area (Å²) in [5.41, 5.74) is -0.995. The van der Waals surface area contributed by atoms with Gasteiger partial charge in [0.2, 0.25) is 0 Å². The molecule has 0 fully saturated rings. The Hall–Kier alpha value is -1.44. The molecule has 166 valence electrons. The molecule has 0 N–H and O–H groups in total. The summed E-state index contributed by atoms with van der Waals surface area (Å²) in [6.45, 7) is 14.9. The summed E-state index contributed by atoms with van der Waals surface area (Å²) in [6.07, 6.45) is 1.14. The Morgan fingerprint density at radius 2 is 1.45 bits per heavy atom. The quantitative estimate of drug-likeness (QED) is 0.394. The Balaban J connectivity index is 2.54. The number of carbonyl (C=O) groups is 1. The standard InChI is InChI=1S/C22H36O6S/c1-17-9-11-18(12-10-17)29(24,25)28-22(7,8)15-16-26-21(5,6)14-13-19(23)27-20(2,3)4/h9-12H,13-16H2,1-8H3. The Morgan fingerprint density at radius 3 is 1.97 bits per heavy atom. The third-order valence-corrected chi connectivity index (χ3v) is 5.71. The van der Waals surface area contributed by atoms with Crippen LogP contribution in [0.4, 0.5) is 0 Å². The van der Waals surface area contributed by atoms with Gasteiger partial charge in [-0.15, -0.1) is 0 Å². The lowest BCUT2D eigenvalue weighted by atomic mass is 10.0. The third kappa shape index (κ3) is 10.2. The molecular formula is C22H36O6S. The zero-order valence-corrected chi connectivity index (χ0v) is 19.8. The minimum absolute atomic E-state index is 0.134. The maximum absolute atomic E-state index is 12.5. The first-order valence-electron chi connectivity index (χ1n) is 9.90. The van der Waals surface area contributed by atoms with Crippen LogP contribution in [-0.4, -0.2) is 37.8 Å². The van der Waals surface area contributed by atoms with E-state index in [4.69, 9.17) is 13.7 Å². The van der Waals surface area contributed by atoms with E-state index in [1.54, 1.807) is 26.0 Å². The van der Waals surface area contributed by atoms with Crippen molar-refractivity contribution in [2.75, 3.05) is 6.61 Å². The molecule has 1 aromatic carbocycles. The van der Waals surface area contributed by atoms with Crippen molar-refractivity contribution in [1.29, 1.82) is 0 Å². The molecule has 0 bridgehead atoms. The van der Waals surface area contributed by atoms with E-state index < -0.39 is 26.9 Å². The van der Waals surface area contributed by atoms with E-state index in [0.29, 0.717) is 19.4 Å². The van der Waals surface area contributed by atoms with Gasteiger partial charge >= 0.3 is 5.97 Å². The van der Waals surface area contributed by atoms with Gasteiger partial charge in [-0.2, -0.15) is 8.42 Å². The fourth-order valence-electron chi connectivity index (χ4n) is 2.53. The minimum Gasteiger partial charge on any atom is -0.460 e. The Labute approximate surface area is 176 Å². The van der Waals surface area contributed by atoms with Crippen molar-refractivity contribution in [3.63, 3.8) is 0 Å². The molecule has 29 heavy (non-hydrogen) atoms. The van der Waals surface area contributed by atoms with Crippen LogP contribution in [-0.2, 0) is 28.6 Å². The van der Waals surface area contributed by atoms with Crippen molar-refractivity contribution in [1.82, 2.24) is 0 Å². The van der Waals surface area contributed by atoms with Crippen LogP contribution in [0.2, 0.25) is 0 Å². The van der Waals surface area contributed by atoms with E-state index in [9.17, 15) is 13.2 Å². The summed E-state index contributed by atoms with van der Waals surface area (Å²) >= 11 is 0. The fraction of sp³-hybridized carbons (Fsp3) is 0.682. The number of esters is 1. The first kappa shape index (κ1) is 25.6. The molecule has 0 heterocycles. The number of hydrogen-bond acceptors (Lipinski definition) is 6. The van der Waals surface area contributed by atoms with Gasteiger partial charge in [0.25, 0.3) is 10.1 Å². The lowest BCUT2D eigenvalue weighted by molar-refractivity contribution is -0.156. The smallest absolute Gasteiger partial charge is 0.306 e. The molecule has 0 saturated heterocycles. The molecule has 1 rings (SSSR count). The number of hydrogen-bond donors (Lipinski definition) is 0. The molecule has 0 amide bonds.